The second kappa shape index (κ2) is 4.78. The number of aromatic nitrogens is 2. The van der Waals surface area contributed by atoms with Gasteiger partial charge in [-0.2, -0.15) is 16.4 Å². The van der Waals surface area contributed by atoms with Gasteiger partial charge in [-0.15, -0.1) is 0 Å². The van der Waals surface area contributed by atoms with Crippen LogP contribution in [0.1, 0.15) is 0 Å². The van der Waals surface area contributed by atoms with Crippen LogP contribution in [0.4, 0.5) is 5.69 Å². The molecule has 0 aliphatic heterocycles. The number of anilines is 1. The molecule has 0 aliphatic rings. The Balaban J connectivity index is 1.99. The van der Waals surface area contributed by atoms with Crippen LogP contribution in [0, 0.1) is 0 Å². The molecule has 0 aliphatic carbocycles. The van der Waals surface area contributed by atoms with Crippen molar-refractivity contribution in [2.24, 2.45) is 0 Å². The van der Waals surface area contributed by atoms with E-state index in [4.69, 9.17) is 10.5 Å². The van der Waals surface area contributed by atoms with Crippen LogP contribution in [-0.4, -0.2) is 16.9 Å². The Morgan fingerprint density at radius 1 is 1.21 bits per heavy atom. The third-order valence-corrected chi connectivity index (χ3v) is 3.56. The van der Waals surface area contributed by atoms with Crippen LogP contribution in [0.25, 0.3) is 16.9 Å². The maximum Gasteiger partial charge on any atom is 0.119 e. The van der Waals surface area contributed by atoms with Crippen molar-refractivity contribution in [2.45, 2.75) is 0 Å². The standard InChI is InChI=1S/C14H13N3OS/c1-18-12-4-2-11(3-5-12)17-8-13(15)14(16-17)10-6-7-19-9-10/h2-9H,15H2,1H3. The number of nitrogens with zero attached hydrogens (tertiary/aromatic N) is 2. The zero-order valence-electron chi connectivity index (χ0n) is 10.4. The fourth-order valence-electron chi connectivity index (χ4n) is 1.88. The van der Waals surface area contributed by atoms with Crippen molar-refractivity contribution in [3.05, 3.63) is 47.3 Å². The third kappa shape index (κ3) is 2.20. The molecule has 0 spiro atoms. The molecule has 19 heavy (non-hydrogen) atoms. The van der Waals surface area contributed by atoms with Gasteiger partial charge in [0.25, 0.3) is 0 Å². The van der Waals surface area contributed by atoms with Gasteiger partial charge in [-0.1, -0.05) is 0 Å². The Morgan fingerprint density at radius 2 is 2.00 bits per heavy atom. The van der Waals surface area contributed by atoms with Crippen LogP contribution in [0.15, 0.2) is 47.3 Å². The molecule has 0 saturated heterocycles. The number of rotatable bonds is 3. The van der Waals surface area contributed by atoms with E-state index in [0.717, 1.165) is 22.7 Å². The average molecular weight is 271 g/mol. The second-order valence-electron chi connectivity index (χ2n) is 4.09. The number of nitrogen functional groups attached to an aromatic ring is 1. The van der Waals surface area contributed by atoms with Gasteiger partial charge in [-0.05, 0) is 35.7 Å². The number of hydrogen-bond donors (Lipinski definition) is 1. The molecule has 2 heterocycles. The quantitative estimate of drug-likeness (QED) is 0.796. The van der Waals surface area contributed by atoms with Gasteiger partial charge in [-0.3, -0.25) is 0 Å². The first-order valence-corrected chi connectivity index (χ1v) is 6.74. The molecular formula is C14H13N3OS. The molecule has 4 nitrogen and oxygen atoms in total. The molecule has 0 bridgehead atoms. The van der Waals surface area contributed by atoms with Gasteiger partial charge < -0.3 is 10.5 Å². The number of hydrogen-bond acceptors (Lipinski definition) is 4. The molecule has 0 unspecified atom stereocenters. The van der Waals surface area contributed by atoms with E-state index in [-0.39, 0.29) is 0 Å². The van der Waals surface area contributed by atoms with Gasteiger partial charge in [0, 0.05) is 10.9 Å². The maximum absolute atomic E-state index is 6.02. The summed E-state index contributed by atoms with van der Waals surface area (Å²) in [6, 6.07) is 9.71. The number of methoxy groups -OCH3 is 1. The molecular weight excluding hydrogens is 258 g/mol. The lowest BCUT2D eigenvalue weighted by Gasteiger charge is -2.02. The molecule has 1 aromatic carbocycles. The van der Waals surface area contributed by atoms with Crippen LogP contribution in [0.2, 0.25) is 0 Å². The van der Waals surface area contributed by atoms with Crippen molar-refractivity contribution in [3.8, 4) is 22.7 Å². The summed E-state index contributed by atoms with van der Waals surface area (Å²) in [5.41, 5.74) is 9.52. The highest BCUT2D eigenvalue weighted by atomic mass is 32.1. The van der Waals surface area contributed by atoms with Gasteiger partial charge in [0.05, 0.1) is 24.7 Å². The molecule has 0 atom stereocenters. The topological polar surface area (TPSA) is 53.1 Å². The van der Waals surface area contributed by atoms with E-state index < -0.39 is 0 Å². The van der Waals surface area contributed by atoms with Gasteiger partial charge in [0.2, 0.25) is 0 Å². The number of benzene rings is 1. The lowest BCUT2D eigenvalue weighted by Crippen LogP contribution is -1.94. The van der Waals surface area contributed by atoms with Crippen LogP contribution in [0.3, 0.4) is 0 Å². The number of thiophene rings is 1. The fraction of sp³-hybridized carbons (Fsp3) is 0.0714. The lowest BCUT2D eigenvalue weighted by atomic mass is 10.2. The molecule has 0 saturated carbocycles. The Labute approximate surface area is 115 Å². The minimum absolute atomic E-state index is 0.675. The minimum Gasteiger partial charge on any atom is -0.497 e. The largest absolute Gasteiger partial charge is 0.497 e. The molecule has 0 radical (unpaired) electrons. The predicted molar refractivity (Wildman–Crippen MR) is 77.8 cm³/mol. The summed E-state index contributed by atoms with van der Waals surface area (Å²) in [6.07, 6.45) is 1.83. The van der Waals surface area contributed by atoms with Crippen molar-refractivity contribution in [1.82, 2.24) is 9.78 Å². The molecule has 96 valence electrons. The summed E-state index contributed by atoms with van der Waals surface area (Å²) in [4.78, 5) is 0. The zero-order valence-corrected chi connectivity index (χ0v) is 11.2. The van der Waals surface area contributed by atoms with E-state index in [1.165, 1.54) is 0 Å². The van der Waals surface area contributed by atoms with Crippen molar-refractivity contribution < 1.29 is 4.74 Å². The molecule has 2 N–H and O–H groups in total. The first kappa shape index (κ1) is 11.8. The summed E-state index contributed by atoms with van der Waals surface area (Å²) in [5.74, 6) is 0.821. The molecule has 5 heteroatoms. The highest BCUT2D eigenvalue weighted by Crippen LogP contribution is 2.27. The summed E-state index contributed by atoms with van der Waals surface area (Å²) < 4.78 is 6.92. The van der Waals surface area contributed by atoms with E-state index in [9.17, 15) is 0 Å². The molecule has 3 rings (SSSR count). The molecule has 2 aromatic heterocycles. The molecule has 0 amide bonds. The van der Waals surface area contributed by atoms with Crippen molar-refractivity contribution >= 4 is 17.0 Å². The van der Waals surface area contributed by atoms with E-state index in [1.54, 1.807) is 23.1 Å². The summed E-state index contributed by atoms with van der Waals surface area (Å²) in [7, 11) is 1.65. The third-order valence-electron chi connectivity index (χ3n) is 2.87. The van der Waals surface area contributed by atoms with Gasteiger partial charge in [-0.25, -0.2) is 4.68 Å². The van der Waals surface area contributed by atoms with Crippen LogP contribution in [0.5, 0.6) is 5.75 Å². The Hall–Kier alpha value is -2.27. The highest BCUT2D eigenvalue weighted by molar-refractivity contribution is 7.08. The Kier molecular flexibility index (Phi) is 2.97. The van der Waals surface area contributed by atoms with E-state index >= 15 is 0 Å². The summed E-state index contributed by atoms with van der Waals surface area (Å²) in [6.45, 7) is 0. The number of ether oxygens (including phenoxy) is 1. The smallest absolute Gasteiger partial charge is 0.119 e. The van der Waals surface area contributed by atoms with Crippen LogP contribution in [-0.2, 0) is 0 Å². The summed E-state index contributed by atoms with van der Waals surface area (Å²) >= 11 is 1.63. The van der Waals surface area contributed by atoms with E-state index in [1.807, 2.05) is 47.3 Å². The average Bonchev–Trinajstić information content (AvgIpc) is 3.08. The van der Waals surface area contributed by atoms with Crippen molar-refractivity contribution in [2.75, 3.05) is 12.8 Å². The SMILES string of the molecule is COc1ccc(-n2cc(N)c(-c3ccsc3)n2)cc1. The monoisotopic (exact) mass is 271 g/mol. The number of nitrogens with two attached hydrogens (primary N) is 1. The van der Waals surface area contributed by atoms with Crippen LogP contribution < -0.4 is 10.5 Å². The van der Waals surface area contributed by atoms with Gasteiger partial charge in [0.1, 0.15) is 11.4 Å². The highest BCUT2D eigenvalue weighted by Gasteiger charge is 2.09. The first-order chi connectivity index (χ1) is 9.28. The lowest BCUT2D eigenvalue weighted by molar-refractivity contribution is 0.414. The first-order valence-electron chi connectivity index (χ1n) is 5.80. The fourth-order valence-corrected chi connectivity index (χ4v) is 2.52. The summed E-state index contributed by atoms with van der Waals surface area (Å²) in [5, 5.41) is 8.59. The predicted octanol–water partition coefficient (Wildman–Crippen LogP) is 3.19. The van der Waals surface area contributed by atoms with Crippen molar-refractivity contribution in [3.63, 3.8) is 0 Å². The van der Waals surface area contributed by atoms with Gasteiger partial charge >= 0.3 is 0 Å². The van der Waals surface area contributed by atoms with Gasteiger partial charge in [0.15, 0.2) is 0 Å². The normalized spacial score (nSPS) is 10.6. The Morgan fingerprint density at radius 3 is 2.63 bits per heavy atom. The maximum atomic E-state index is 6.02. The molecule has 3 aromatic rings. The minimum atomic E-state index is 0.675. The zero-order chi connectivity index (χ0) is 13.2. The molecule has 0 fully saturated rings. The van der Waals surface area contributed by atoms with Crippen LogP contribution >= 0.6 is 11.3 Å². The van der Waals surface area contributed by atoms with E-state index in [2.05, 4.69) is 5.10 Å². The van der Waals surface area contributed by atoms with Crippen molar-refractivity contribution in [1.29, 1.82) is 0 Å². The second-order valence-corrected chi connectivity index (χ2v) is 4.87. The Bertz CT molecular complexity index is 671. The van der Waals surface area contributed by atoms with E-state index in [0.29, 0.717) is 5.69 Å².